The van der Waals surface area contributed by atoms with Crippen molar-refractivity contribution in [3.63, 3.8) is 0 Å². The summed E-state index contributed by atoms with van der Waals surface area (Å²) in [6, 6.07) is 5.80. The van der Waals surface area contributed by atoms with Crippen molar-refractivity contribution in [2.75, 3.05) is 26.0 Å². The zero-order valence-corrected chi connectivity index (χ0v) is 13.9. The molecule has 6 nitrogen and oxygen atoms in total. The number of likely N-dealkylation sites (tertiary alicyclic amines) is 1. The largest absolute Gasteiger partial charge is 0.492 e. The van der Waals surface area contributed by atoms with Crippen molar-refractivity contribution < 1.29 is 23.1 Å². The molecule has 1 fully saturated rings. The summed E-state index contributed by atoms with van der Waals surface area (Å²) < 4.78 is 28.2. The SMILES string of the molecule is CS(=O)(=O)c1ccc(OCCN2CCC[C@H]2C(=O)O)cc1.Cl. The lowest BCUT2D eigenvalue weighted by Crippen LogP contribution is -2.38. The van der Waals surface area contributed by atoms with Crippen LogP contribution in [0.4, 0.5) is 0 Å². The molecular formula is C14H20ClNO5S. The Morgan fingerprint density at radius 3 is 2.55 bits per heavy atom. The lowest BCUT2D eigenvalue weighted by molar-refractivity contribution is -0.142. The van der Waals surface area contributed by atoms with Crippen molar-refractivity contribution >= 4 is 28.2 Å². The molecule has 1 atom stereocenters. The molecule has 1 heterocycles. The molecule has 0 amide bonds. The lowest BCUT2D eigenvalue weighted by Gasteiger charge is -2.20. The smallest absolute Gasteiger partial charge is 0.320 e. The number of aliphatic carboxylic acids is 1. The molecule has 1 aromatic carbocycles. The highest BCUT2D eigenvalue weighted by Gasteiger charge is 2.29. The molecule has 0 unspecified atom stereocenters. The van der Waals surface area contributed by atoms with Gasteiger partial charge in [0.15, 0.2) is 9.84 Å². The molecule has 0 saturated carbocycles. The molecule has 1 saturated heterocycles. The Balaban J connectivity index is 0.00000242. The van der Waals surface area contributed by atoms with Crippen LogP contribution >= 0.6 is 12.4 Å². The molecule has 0 radical (unpaired) electrons. The Morgan fingerprint density at radius 2 is 2.00 bits per heavy atom. The number of nitrogens with zero attached hydrogens (tertiary/aromatic N) is 1. The standard InChI is InChI=1S/C14H19NO5S.ClH/c1-21(18,19)12-6-4-11(5-7-12)20-10-9-15-8-2-3-13(15)14(16)17;/h4-7,13H,2-3,8-10H2,1H3,(H,16,17);1H/t13-;/m0./s1. The van der Waals surface area contributed by atoms with E-state index >= 15 is 0 Å². The average molecular weight is 350 g/mol. The van der Waals surface area contributed by atoms with Gasteiger partial charge in [-0.2, -0.15) is 0 Å². The molecule has 0 spiro atoms. The third-order valence-electron chi connectivity index (χ3n) is 3.55. The fraction of sp³-hybridized carbons (Fsp3) is 0.500. The summed E-state index contributed by atoms with van der Waals surface area (Å²) in [5.41, 5.74) is 0. The van der Waals surface area contributed by atoms with E-state index in [1.54, 1.807) is 12.1 Å². The molecule has 1 N–H and O–H groups in total. The summed E-state index contributed by atoms with van der Waals surface area (Å²) in [5.74, 6) is -0.210. The number of benzene rings is 1. The first-order valence-corrected chi connectivity index (χ1v) is 8.67. The van der Waals surface area contributed by atoms with Gasteiger partial charge in [0.25, 0.3) is 0 Å². The summed E-state index contributed by atoms with van der Waals surface area (Å²) in [6.07, 6.45) is 2.72. The predicted octanol–water partition coefficient (Wildman–Crippen LogP) is 1.44. The van der Waals surface area contributed by atoms with Crippen molar-refractivity contribution in [3.8, 4) is 5.75 Å². The fourth-order valence-corrected chi connectivity index (χ4v) is 3.07. The van der Waals surface area contributed by atoms with Gasteiger partial charge < -0.3 is 9.84 Å². The van der Waals surface area contributed by atoms with Gasteiger partial charge in [-0.25, -0.2) is 8.42 Å². The van der Waals surface area contributed by atoms with Gasteiger partial charge in [0.1, 0.15) is 18.4 Å². The molecule has 8 heteroatoms. The van der Waals surface area contributed by atoms with Gasteiger partial charge in [-0.3, -0.25) is 9.69 Å². The van der Waals surface area contributed by atoms with E-state index in [2.05, 4.69) is 0 Å². The maximum Gasteiger partial charge on any atom is 0.320 e. The highest BCUT2D eigenvalue weighted by Crippen LogP contribution is 2.18. The average Bonchev–Trinajstić information content (AvgIpc) is 2.87. The number of carbonyl (C=O) groups is 1. The molecule has 0 aliphatic carbocycles. The van der Waals surface area contributed by atoms with Gasteiger partial charge in [-0.05, 0) is 43.7 Å². The number of rotatable bonds is 6. The maximum absolute atomic E-state index is 11.3. The Bertz CT molecular complexity index is 602. The van der Waals surface area contributed by atoms with Crippen LogP contribution in [0.15, 0.2) is 29.2 Å². The molecule has 1 aliphatic heterocycles. The van der Waals surface area contributed by atoms with E-state index in [0.29, 0.717) is 25.3 Å². The first-order chi connectivity index (χ1) is 9.88. The number of sulfone groups is 1. The molecule has 1 aromatic rings. The number of carboxylic acid groups (broad SMARTS) is 1. The topological polar surface area (TPSA) is 83.9 Å². The van der Waals surface area contributed by atoms with Gasteiger partial charge in [0, 0.05) is 12.8 Å². The molecule has 2 rings (SSSR count). The van der Waals surface area contributed by atoms with Crippen LogP contribution in [0.1, 0.15) is 12.8 Å². The molecule has 0 bridgehead atoms. The van der Waals surface area contributed by atoms with Crippen LogP contribution in [-0.4, -0.2) is 56.4 Å². The van der Waals surface area contributed by atoms with Crippen molar-refractivity contribution in [1.29, 1.82) is 0 Å². The van der Waals surface area contributed by atoms with E-state index < -0.39 is 21.8 Å². The number of halogens is 1. The van der Waals surface area contributed by atoms with Crippen molar-refractivity contribution in [1.82, 2.24) is 4.90 Å². The number of ether oxygens (including phenoxy) is 1. The van der Waals surface area contributed by atoms with E-state index in [0.717, 1.165) is 19.2 Å². The predicted molar refractivity (Wildman–Crippen MR) is 84.5 cm³/mol. The Hall–Kier alpha value is -1.31. The van der Waals surface area contributed by atoms with Gasteiger partial charge in [-0.1, -0.05) is 0 Å². The fourth-order valence-electron chi connectivity index (χ4n) is 2.44. The summed E-state index contributed by atoms with van der Waals surface area (Å²) in [4.78, 5) is 13.2. The first-order valence-electron chi connectivity index (χ1n) is 6.78. The zero-order chi connectivity index (χ0) is 15.5. The van der Waals surface area contributed by atoms with Crippen LogP contribution in [0, 0.1) is 0 Å². The van der Waals surface area contributed by atoms with E-state index in [1.807, 2.05) is 4.90 Å². The third-order valence-corrected chi connectivity index (χ3v) is 4.68. The van der Waals surface area contributed by atoms with Gasteiger partial charge in [0.2, 0.25) is 0 Å². The maximum atomic E-state index is 11.3. The minimum Gasteiger partial charge on any atom is -0.492 e. The molecular weight excluding hydrogens is 330 g/mol. The van der Waals surface area contributed by atoms with Gasteiger partial charge in [0.05, 0.1) is 4.90 Å². The number of hydrogen-bond donors (Lipinski definition) is 1. The molecule has 22 heavy (non-hydrogen) atoms. The van der Waals surface area contributed by atoms with Crippen molar-refractivity contribution in [2.24, 2.45) is 0 Å². The molecule has 0 aromatic heterocycles. The summed E-state index contributed by atoms with van der Waals surface area (Å²) >= 11 is 0. The quantitative estimate of drug-likeness (QED) is 0.836. The number of carboxylic acids is 1. The summed E-state index contributed by atoms with van der Waals surface area (Å²) in [6.45, 7) is 1.69. The van der Waals surface area contributed by atoms with Crippen molar-refractivity contribution in [2.45, 2.75) is 23.8 Å². The van der Waals surface area contributed by atoms with Crippen LogP contribution in [0.25, 0.3) is 0 Å². The van der Waals surface area contributed by atoms with E-state index in [9.17, 15) is 13.2 Å². The van der Waals surface area contributed by atoms with Crippen LogP contribution in [0.3, 0.4) is 0 Å². The molecule has 124 valence electrons. The van der Waals surface area contributed by atoms with Gasteiger partial charge in [-0.15, -0.1) is 12.4 Å². The monoisotopic (exact) mass is 349 g/mol. The summed E-state index contributed by atoms with van der Waals surface area (Å²) in [7, 11) is -3.20. The Morgan fingerprint density at radius 1 is 1.36 bits per heavy atom. The van der Waals surface area contributed by atoms with Crippen LogP contribution in [-0.2, 0) is 14.6 Å². The second kappa shape index (κ2) is 7.80. The normalized spacial score (nSPS) is 18.7. The van der Waals surface area contributed by atoms with Crippen molar-refractivity contribution in [3.05, 3.63) is 24.3 Å². The molecule has 1 aliphatic rings. The number of hydrogen-bond acceptors (Lipinski definition) is 5. The minimum absolute atomic E-state index is 0. The highest BCUT2D eigenvalue weighted by atomic mass is 35.5. The van der Waals surface area contributed by atoms with Crippen LogP contribution < -0.4 is 4.74 Å². The van der Waals surface area contributed by atoms with E-state index in [4.69, 9.17) is 9.84 Å². The minimum atomic E-state index is -3.20. The lowest BCUT2D eigenvalue weighted by atomic mass is 10.2. The summed E-state index contributed by atoms with van der Waals surface area (Å²) in [5, 5.41) is 9.07. The van der Waals surface area contributed by atoms with Crippen LogP contribution in [0.5, 0.6) is 5.75 Å². The van der Waals surface area contributed by atoms with Crippen LogP contribution in [0.2, 0.25) is 0 Å². The Labute approximate surface area is 136 Å². The van der Waals surface area contributed by atoms with E-state index in [-0.39, 0.29) is 17.3 Å². The highest BCUT2D eigenvalue weighted by molar-refractivity contribution is 7.90. The Kier molecular flexibility index (Phi) is 6.65. The van der Waals surface area contributed by atoms with E-state index in [1.165, 1.54) is 12.1 Å². The second-order valence-corrected chi connectivity index (χ2v) is 7.14. The first kappa shape index (κ1) is 18.7. The second-order valence-electron chi connectivity index (χ2n) is 5.12. The third kappa shape index (κ3) is 4.86. The zero-order valence-electron chi connectivity index (χ0n) is 12.3. The van der Waals surface area contributed by atoms with Gasteiger partial charge >= 0.3 is 5.97 Å².